The van der Waals surface area contributed by atoms with Gasteiger partial charge in [-0.2, -0.15) is 10.5 Å². The second-order valence-corrected chi connectivity index (χ2v) is 12.1. The fourth-order valence-corrected chi connectivity index (χ4v) is 8.36. The Labute approximate surface area is 225 Å². The first-order valence-corrected chi connectivity index (χ1v) is 14.0. The highest BCUT2D eigenvalue weighted by atomic mass is 32.1. The van der Waals surface area contributed by atoms with E-state index in [1.807, 2.05) is 6.07 Å². The Bertz CT molecular complexity index is 1410. The van der Waals surface area contributed by atoms with Gasteiger partial charge in [0.25, 0.3) is 11.8 Å². The van der Waals surface area contributed by atoms with Crippen molar-refractivity contribution in [3.63, 3.8) is 0 Å². The molecule has 6 N–H and O–H groups in total. The fourth-order valence-electron chi connectivity index (χ4n) is 5.98. The lowest BCUT2D eigenvalue weighted by Gasteiger charge is -2.31. The maximum absolute atomic E-state index is 13.0. The van der Waals surface area contributed by atoms with Crippen LogP contribution in [0.2, 0.25) is 0 Å². The third kappa shape index (κ3) is 3.89. The molecule has 0 spiro atoms. The number of rotatable bonds is 8. The number of hydrogen-bond donors (Lipinski definition) is 4. The molecule has 4 atom stereocenters. The largest absolute Gasteiger partial charge is 0.365 e. The summed E-state index contributed by atoms with van der Waals surface area (Å²) in [5.41, 5.74) is 12.1. The Hall–Kier alpha value is -3.67. The maximum atomic E-state index is 13.0. The first-order chi connectivity index (χ1) is 18.3. The molecule has 2 aliphatic carbocycles. The Balaban J connectivity index is 1.35. The molecule has 0 aromatic carbocycles. The molecule has 3 amide bonds. The molecule has 12 nitrogen and oxygen atoms in total. The second-order valence-electron chi connectivity index (χ2n) is 9.95. The third-order valence-corrected chi connectivity index (χ3v) is 10.4. The molecule has 38 heavy (non-hydrogen) atoms. The van der Waals surface area contributed by atoms with Crippen LogP contribution in [-0.4, -0.2) is 68.4 Å². The van der Waals surface area contributed by atoms with Crippen molar-refractivity contribution in [1.29, 1.82) is 5.26 Å². The number of primary amides is 2. The Morgan fingerprint density at radius 3 is 2.68 bits per heavy atom. The molecule has 2 fully saturated rings. The van der Waals surface area contributed by atoms with Gasteiger partial charge in [-0.05, 0) is 67.8 Å². The molecular formula is C24H25N9O3S2. The van der Waals surface area contributed by atoms with Crippen molar-refractivity contribution < 1.29 is 14.4 Å². The quantitative estimate of drug-likeness (QED) is 0.289. The number of tetrazole rings is 1. The number of aryl methyl sites for hydroxylation is 2. The van der Waals surface area contributed by atoms with Gasteiger partial charge in [-0.3, -0.25) is 14.4 Å². The molecule has 0 bridgehead atoms. The number of piperidine rings is 1. The zero-order valence-electron chi connectivity index (χ0n) is 20.3. The summed E-state index contributed by atoms with van der Waals surface area (Å²) < 4.78 is 0. The maximum Gasteiger partial charge on any atom is 0.258 e. The number of aromatic amines is 1. The van der Waals surface area contributed by atoms with E-state index >= 15 is 0 Å². The average molecular weight is 552 g/mol. The number of carbonyl (C=O) groups is 3. The summed E-state index contributed by atoms with van der Waals surface area (Å²) in [6.07, 6.45) is 3.43. The number of fused-ring (bicyclic) bond motifs is 3. The van der Waals surface area contributed by atoms with Gasteiger partial charge in [0.1, 0.15) is 6.04 Å². The fraction of sp³-hybridized carbons (Fsp3) is 0.458. The number of aromatic nitrogens is 4. The number of carbonyl (C=O) groups excluding carboxylic acids is 3. The summed E-state index contributed by atoms with van der Waals surface area (Å²) in [6.45, 7) is 0.487. The minimum Gasteiger partial charge on any atom is -0.365 e. The van der Waals surface area contributed by atoms with Crippen LogP contribution >= 0.6 is 22.7 Å². The van der Waals surface area contributed by atoms with E-state index in [0.29, 0.717) is 47.3 Å². The van der Waals surface area contributed by atoms with Crippen molar-refractivity contribution in [1.82, 2.24) is 30.8 Å². The molecule has 1 saturated carbocycles. The Morgan fingerprint density at radius 2 is 1.97 bits per heavy atom. The van der Waals surface area contributed by atoms with Crippen LogP contribution in [-0.2, 0) is 23.1 Å². The van der Waals surface area contributed by atoms with E-state index in [1.165, 1.54) is 22.7 Å². The monoisotopic (exact) mass is 551 g/mol. The van der Waals surface area contributed by atoms with Crippen LogP contribution in [0.3, 0.4) is 0 Å². The van der Waals surface area contributed by atoms with Crippen LogP contribution in [0.4, 0.5) is 0 Å². The highest BCUT2D eigenvalue weighted by Gasteiger charge is 2.54. The lowest BCUT2D eigenvalue weighted by Crippen LogP contribution is -2.44. The van der Waals surface area contributed by atoms with Crippen LogP contribution in [0.5, 0.6) is 0 Å². The summed E-state index contributed by atoms with van der Waals surface area (Å²) in [5.74, 6) is -0.283. The molecule has 14 heteroatoms. The molecule has 2 unspecified atom stereocenters. The summed E-state index contributed by atoms with van der Waals surface area (Å²) in [7, 11) is 0. The van der Waals surface area contributed by atoms with Gasteiger partial charge < -0.3 is 21.7 Å². The van der Waals surface area contributed by atoms with E-state index in [4.69, 9.17) is 11.5 Å². The van der Waals surface area contributed by atoms with E-state index in [9.17, 15) is 19.6 Å². The lowest BCUT2D eigenvalue weighted by molar-refractivity contribution is -0.131. The van der Waals surface area contributed by atoms with Gasteiger partial charge in [0.15, 0.2) is 5.82 Å². The summed E-state index contributed by atoms with van der Waals surface area (Å²) in [4.78, 5) is 41.7. The number of hydrogen-bond acceptors (Lipinski definition) is 10. The SMILES string of the molecule is N#CC1C[C@@H]2C[C@@H]2N1C(=O)CNCCC1(c2nn[nH]n2)c2cc(C(N)=O)sc2CCc2cc(C(N)=O)sc21. The summed E-state index contributed by atoms with van der Waals surface area (Å²) >= 11 is 2.64. The van der Waals surface area contributed by atoms with Gasteiger partial charge in [0, 0.05) is 15.8 Å². The minimum absolute atomic E-state index is 0.0870. The molecule has 3 aromatic heterocycles. The van der Waals surface area contributed by atoms with Crippen LogP contribution in [0.25, 0.3) is 0 Å². The Kier molecular flexibility index (Phi) is 6.01. The topological polar surface area (TPSA) is 197 Å². The van der Waals surface area contributed by atoms with Crippen molar-refractivity contribution in [2.24, 2.45) is 17.4 Å². The standard InChI is InChI=1S/C24H25N9O3S2/c25-9-13-5-12-6-15(12)33(13)19(34)10-28-4-3-24(23-29-31-32-30-23)14-8-18(22(27)36)37-16(14)2-1-11-7-17(21(26)35)38-20(11)24/h7-8,12-13,15,28H,1-6,10H2,(H2,26,35)(H2,27,36)(H,29,30,31,32)/t12-,13?,15+,24?/m1/s1. The lowest BCUT2D eigenvalue weighted by atomic mass is 9.75. The van der Waals surface area contributed by atoms with Gasteiger partial charge >= 0.3 is 0 Å². The molecule has 6 rings (SSSR count). The smallest absolute Gasteiger partial charge is 0.258 e. The van der Waals surface area contributed by atoms with Crippen LogP contribution in [0.1, 0.15) is 65.3 Å². The molecular weight excluding hydrogens is 526 g/mol. The summed E-state index contributed by atoms with van der Waals surface area (Å²) in [5, 5.41) is 27.8. The van der Waals surface area contributed by atoms with Gasteiger partial charge in [0.2, 0.25) is 5.91 Å². The average Bonchev–Trinajstić information content (AvgIpc) is 3.40. The zero-order valence-corrected chi connectivity index (χ0v) is 21.9. The van der Waals surface area contributed by atoms with Crippen LogP contribution in [0, 0.1) is 17.2 Å². The highest BCUT2D eigenvalue weighted by molar-refractivity contribution is 7.15. The van der Waals surface area contributed by atoms with Crippen molar-refractivity contribution in [3.05, 3.63) is 48.6 Å². The molecule has 196 valence electrons. The Morgan fingerprint density at radius 1 is 1.18 bits per heavy atom. The molecule has 3 aromatic rings. The van der Waals surface area contributed by atoms with E-state index in [1.54, 1.807) is 11.0 Å². The van der Waals surface area contributed by atoms with Crippen molar-refractivity contribution in [3.8, 4) is 6.07 Å². The van der Waals surface area contributed by atoms with Crippen molar-refractivity contribution >= 4 is 40.4 Å². The van der Waals surface area contributed by atoms with Gasteiger partial charge in [-0.1, -0.05) is 5.21 Å². The number of likely N-dealkylation sites (tertiary alicyclic amines) is 1. The second kappa shape index (κ2) is 9.26. The van der Waals surface area contributed by atoms with E-state index in [0.717, 1.165) is 33.7 Å². The zero-order chi connectivity index (χ0) is 26.6. The molecule has 1 saturated heterocycles. The first kappa shape index (κ1) is 24.7. The number of amides is 3. The number of nitrogens with two attached hydrogens (primary N) is 2. The van der Waals surface area contributed by atoms with Gasteiger partial charge in [-0.15, -0.1) is 32.9 Å². The van der Waals surface area contributed by atoms with Crippen molar-refractivity contribution in [2.45, 2.75) is 49.6 Å². The van der Waals surface area contributed by atoms with Gasteiger partial charge in [-0.25, -0.2) is 0 Å². The third-order valence-electron chi connectivity index (χ3n) is 7.79. The molecule has 3 aliphatic rings. The number of thiophene rings is 2. The van der Waals surface area contributed by atoms with E-state index in [2.05, 4.69) is 32.0 Å². The number of nitriles is 1. The van der Waals surface area contributed by atoms with E-state index in [-0.39, 0.29) is 24.5 Å². The number of H-pyrrole nitrogens is 1. The number of nitrogens with one attached hydrogen (secondary N) is 2. The number of nitrogens with zero attached hydrogens (tertiary/aromatic N) is 5. The first-order valence-electron chi connectivity index (χ1n) is 12.3. The summed E-state index contributed by atoms with van der Waals surface area (Å²) in [6, 6.07) is 5.69. The molecule has 0 radical (unpaired) electrons. The van der Waals surface area contributed by atoms with Gasteiger partial charge in [0.05, 0.1) is 27.8 Å². The van der Waals surface area contributed by atoms with Crippen LogP contribution < -0.4 is 16.8 Å². The molecule has 4 heterocycles. The van der Waals surface area contributed by atoms with Crippen LogP contribution in [0.15, 0.2) is 12.1 Å². The molecule has 1 aliphatic heterocycles. The van der Waals surface area contributed by atoms with Crippen molar-refractivity contribution in [2.75, 3.05) is 13.1 Å². The predicted octanol–water partition coefficient (Wildman–Crippen LogP) is 0.446. The minimum atomic E-state index is -0.947. The van der Waals surface area contributed by atoms with E-state index < -0.39 is 17.2 Å². The highest BCUT2D eigenvalue weighted by Crippen LogP contribution is 2.51. The normalized spacial score (nSPS) is 25.1. The predicted molar refractivity (Wildman–Crippen MR) is 137 cm³/mol.